The van der Waals surface area contributed by atoms with Crippen molar-refractivity contribution in [3.05, 3.63) is 38.8 Å². The lowest BCUT2D eigenvalue weighted by Gasteiger charge is -2.06. The lowest BCUT2D eigenvalue weighted by atomic mass is 10.2. The molecule has 1 aromatic carbocycles. The monoisotopic (exact) mass is 296 g/mol. The van der Waals surface area contributed by atoms with Gasteiger partial charge in [0.15, 0.2) is 11.5 Å². The van der Waals surface area contributed by atoms with Gasteiger partial charge < -0.3 is 14.8 Å². The third kappa shape index (κ3) is 2.83. The summed E-state index contributed by atoms with van der Waals surface area (Å²) in [6.07, 6.45) is 1.90. The van der Waals surface area contributed by atoms with Gasteiger partial charge in [0.2, 0.25) is 6.79 Å². The molecule has 2 aromatic rings. The minimum Gasteiger partial charge on any atom is -0.454 e. The van der Waals surface area contributed by atoms with Crippen molar-refractivity contribution >= 4 is 22.9 Å². The Balaban J connectivity index is 1.63. The van der Waals surface area contributed by atoms with Crippen LogP contribution in [0.25, 0.3) is 0 Å². The fraction of sp³-hybridized carbons (Fsp3) is 0.308. The number of fused-ring (bicyclic) bond motifs is 1. The first-order valence-electron chi connectivity index (χ1n) is 5.92. The van der Waals surface area contributed by atoms with Gasteiger partial charge in [-0.1, -0.05) is 11.6 Å². The molecular weight excluding hydrogens is 284 g/mol. The summed E-state index contributed by atoms with van der Waals surface area (Å²) in [4.78, 5) is 5.45. The van der Waals surface area contributed by atoms with E-state index in [-0.39, 0.29) is 6.79 Å². The summed E-state index contributed by atoms with van der Waals surface area (Å²) < 4.78 is 10.6. The second-order valence-electron chi connectivity index (χ2n) is 4.26. The topological polar surface area (TPSA) is 43.4 Å². The van der Waals surface area contributed by atoms with E-state index in [2.05, 4.69) is 10.3 Å². The number of rotatable bonds is 4. The number of aryl methyl sites for hydroxylation is 1. The summed E-state index contributed by atoms with van der Waals surface area (Å²) in [7, 11) is 0. The highest BCUT2D eigenvalue weighted by molar-refractivity contribution is 7.11. The van der Waals surface area contributed by atoms with Crippen molar-refractivity contribution in [1.29, 1.82) is 0 Å². The molecule has 0 saturated heterocycles. The van der Waals surface area contributed by atoms with Crippen molar-refractivity contribution in [2.24, 2.45) is 0 Å². The van der Waals surface area contributed by atoms with Crippen LogP contribution in [0.2, 0.25) is 5.02 Å². The van der Waals surface area contributed by atoms with Gasteiger partial charge in [0.1, 0.15) is 0 Å². The molecule has 1 N–H and O–H groups in total. The van der Waals surface area contributed by atoms with Crippen LogP contribution >= 0.6 is 22.9 Å². The van der Waals surface area contributed by atoms with Crippen LogP contribution in [0.5, 0.6) is 11.5 Å². The minimum atomic E-state index is 0.242. The first kappa shape index (κ1) is 12.7. The molecule has 1 aromatic heterocycles. The Morgan fingerprint density at radius 2 is 2.26 bits per heavy atom. The van der Waals surface area contributed by atoms with Gasteiger partial charge in [-0.2, -0.15) is 0 Å². The van der Waals surface area contributed by atoms with E-state index in [1.54, 1.807) is 11.3 Å². The standard InChI is InChI=1S/C13H13ClN2O2S/c1-8-16-6-10(19-8)5-15-4-9-2-11(14)13-12(3-9)17-7-18-13/h2-3,6,15H,4-5,7H2,1H3. The molecule has 0 amide bonds. The quantitative estimate of drug-likeness (QED) is 0.941. The number of aromatic nitrogens is 1. The molecule has 0 radical (unpaired) electrons. The van der Waals surface area contributed by atoms with Crippen LogP contribution in [-0.2, 0) is 13.1 Å². The highest BCUT2D eigenvalue weighted by Crippen LogP contribution is 2.39. The summed E-state index contributed by atoms with van der Waals surface area (Å²) in [5.41, 5.74) is 1.08. The van der Waals surface area contributed by atoms with Crippen LogP contribution in [0.4, 0.5) is 0 Å². The molecule has 6 heteroatoms. The van der Waals surface area contributed by atoms with Crippen molar-refractivity contribution < 1.29 is 9.47 Å². The Hall–Kier alpha value is -1.30. The van der Waals surface area contributed by atoms with Gasteiger partial charge in [0, 0.05) is 24.2 Å². The Bertz CT molecular complexity index is 600. The maximum Gasteiger partial charge on any atom is 0.231 e. The number of halogens is 1. The Kier molecular flexibility index (Phi) is 3.59. The molecule has 0 unspecified atom stereocenters. The number of hydrogen-bond acceptors (Lipinski definition) is 5. The number of hydrogen-bond donors (Lipinski definition) is 1. The molecule has 3 rings (SSSR count). The maximum absolute atomic E-state index is 6.13. The molecule has 1 aliphatic rings. The van der Waals surface area contributed by atoms with Crippen molar-refractivity contribution in [3.8, 4) is 11.5 Å². The third-order valence-electron chi connectivity index (χ3n) is 2.78. The fourth-order valence-corrected chi connectivity index (χ4v) is 2.99. The van der Waals surface area contributed by atoms with Crippen LogP contribution in [0.3, 0.4) is 0 Å². The number of nitrogens with one attached hydrogen (secondary N) is 1. The van der Waals surface area contributed by atoms with E-state index in [0.717, 1.165) is 29.4 Å². The van der Waals surface area contributed by atoms with Gasteiger partial charge in [-0.15, -0.1) is 11.3 Å². The lowest BCUT2D eigenvalue weighted by Crippen LogP contribution is -2.11. The molecule has 0 atom stereocenters. The SMILES string of the molecule is Cc1ncc(CNCc2cc(Cl)c3c(c2)OCO3)s1. The third-order valence-corrected chi connectivity index (χ3v) is 3.98. The summed E-state index contributed by atoms with van der Waals surface area (Å²) >= 11 is 7.84. The lowest BCUT2D eigenvalue weighted by molar-refractivity contribution is 0.174. The Labute approximate surface area is 120 Å². The number of thiazole rings is 1. The summed E-state index contributed by atoms with van der Waals surface area (Å²) in [6.45, 7) is 3.78. The number of benzene rings is 1. The van der Waals surface area contributed by atoms with Crippen molar-refractivity contribution in [1.82, 2.24) is 10.3 Å². The van der Waals surface area contributed by atoms with Gasteiger partial charge in [0.05, 0.1) is 10.0 Å². The number of ether oxygens (including phenoxy) is 2. The second kappa shape index (κ2) is 5.36. The predicted molar refractivity (Wildman–Crippen MR) is 75.0 cm³/mol. The molecule has 0 saturated carbocycles. The molecule has 0 fully saturated rings. The molecule has 100 valence electrons. The molecule has 2 heterocycles. The smallest absolute Gasteiger partial charge is 0.231 e. The van der Waals surface area contributed by atoms with Gasteiger partial charge in [0.25, 0.3) is 0 Å². The van der Waals surface area contributed by atoms with E-state index in [9.17, 15) is 0 Å². The molecular formula is C13H13ClN2O2S. The normalized spacial score (nSPS) is 12.9. The zero-order chi connectivity index (χ0) is 13.2. The van der Waals surface area contributed by atoms with Crippen LogP contribution in [0.1, 0.15) is 15.4 Å². The molecule has 19 heavy (non-hydrogen) atoms. The van der Waals surface area contributed by atoms with Gasteiger partial charge >= 0.3 is 0 Å². The van der Waals surface area contributed by atoms with E-state index < -0.39 is 0 Å². The molecule has 1 aliphatic heterocycles. The van der Waals surface area contributed by atoms with Crippen molar-refractivity contribution in [3.63, 3.8) is 0 Å². The van der Waals surface area contributed by atoms with E-state index in [4.69, 9.17) is 21.1 Å². The fourth-order valence-electron chi connectivity index (χ4n) is 1.94. The van der Waals surface area contributed by atoms with Gasteiger partial charge in [-0.05, 0) is 24.6 Å². The zero-order valence-corrected chi connectivity index (χ0v) is 12.0. The van der Waals surface area contributed by atoms with Crippen LogP contribution < -0.4 is 14.8 Å². The summed E-state index contributed by atoms with van der Waals surface area (Å²) in [6, 6.07) is 3.86. The first-order valence-corrected chi connectivity index (χ1v) is 7.12. The number of nitrogens with zero attached hydrogens (tertiary/aromatic N) is 1. The maximum atomic E-state index is 6.13. The largest absolute Gasteiger partial charge is 0.454 e. The van der Waals surface area contributed by atoms with E-state index in [1.165, 1.54) is 4.88 Å². The van der Waals surface area contributed by atoms with Crippen molar-refractivity contribution in [2.45, 2.75) is 20.0 Å². The average molecular weight is 297 g/mol. The average Bonchev–Trinajstić information content (AvgIpc) is 2.98. The van der Waals surface area contributed by atoms with E-state index in [0.29, 0.717) is 10.8 Å². The van der Waals surface area contributed by atoms with Crippen LogP contribution in [-0.4, -0.2) is 11.8 Å². The highest BCUT2D eigenvalue weighted by atomic mass is 35.5. The van der Waals surface area contributed by atoms with Gasteiger partial charge in [-0.25, -0.2) is 4.98 Å². The molecule has 0 aliphatic carbocycles. The van der Waals surface area contributed by atoms with E-state index in [1.807, 2.05) is 25.3 Å². The first-order chi connectivity index (χ1) is 9.22. The zero-order valence-electron chi connectivity index (χ0n) is 10.4. The molecule has 0 bridgehead atoms. The van der Waals surface area contributed by atoms with Gasteiger partial charge in [-0.3, -0.25) is 0 Å². The van der Waals surface area contributed by atoms with Crippen LogP contribution in [0.15, 0.2) is 18.3 Å². The van der Waals surface area contributed by atoms with Crippen molar-refractivity contribution in [2.75, 3.05) is 6.79 Å². The van der Waals surface area contributed by atoms with Crippen LogP contribution in [0, 0.1) is 6.92 Å². The molecule has 0 spiro atoms. The van der Waals surface area contributed by atoms with E-state index >= 15 is 0 Å². The predicted octanol–water partition coefficient (Wildman–Crippen LogP) is 3.12. The molecule has 4 nitrogen and oxygen atoms in total. The highest BCUT2D eigenvalue weighted by Gasteiger charge is 2.17. The second-order valence-corrected chi connectivity index (χ2v) is 5.99. The minimum absolute atomic E-state index is 0.242. The summed E-state index contributed by atoms with van der Waals surface area (Å²) in [5, 5.41) is 5.05. The Morgan fingerprint density at radius 1 is 1.37 bits per heavy atom. The summed E-state index contributed by atoms with van der Waals surface area (Å²) in [5.74, 6) is 1.36. The Morgan fingerprint density at radius 3 is 3.05 bits per heavy atom.